The van der Waals surface area contributed by atoms with Crippen LogP contribution in [0, 0.1) is 6.92 Å². The monoisotopic (exact) mass is 399 g/mol. The van der Waals surface area contributed by atoms with Gasteiger partial charge < -0.3 is 19.9 Å². The largest absolute Gasteiger partial charge is 0.465 e. The minimum absolute atomic E-state index is 0.0409. The van der Waals surface area contributed by atoms with Crippen LogP contribution in [-0.4, -0.2) is 47.9 Å². The molecule has 0 aliphatic rings. The van der Waals surface area contributed by atoms with Crippen molar-refractivity contribution in [3.8, 4) is 0 Å². The summed E-state index contributed by atoms with van der Waals surface area (Å²) >= 11 is 0. The number of carbonyl (C=O) groups is 3. The van der Waals surface area contributed by atoms with Gasteiger partial charge in [0, 0.05) is 30.0 Å². The first-order valence-electron chi connectivity index (χ1n) is 9.88. The average molecular weight is 399 g/mol. The molecule has 2 rings (SSSR count). The molecule has 2 amide bonds. The molecule has 156 valence electrons. The number of amides is 2. The quantitative estimate of drug-likeness (QED) is 0.661. The van der Waals surface area contributed by atoms with E-state index in [1.165, 1.54) is 7.11 Å². The molecule has 1 aromatic carbocycles. The van der Waals surface area contributed by atoms with Gasteiger partial charge in [-0.05, 0) is 57.0 Å². The van der Waals surface area contributed by atoms with Crippen LogP contribution in [0.1, 0.15) is 69.7 Å². The summed E-state index contributed by atoms with van der Waals surface area (Å²) in [5.74, 6) is -0.837. The maximum Gasteiger partial charge on any atom is 0.339 e. The second kappa shape index (κ2) is 9.91. The summed E-state index contributed by atoms with van der Waals surface area (Å²) in [6, 6.07) is 6.79. The van der Waals surface area contributed by atoms with E-state index in [0.717, 1.165) is 6.42 Å². The van der Waals surface area contributed by atoms with E-state index in [-0.39, 0.29) is 11.8 Å². The van der Waals surface area contributed by atoms with Crippen LogP contribution < -0.4 is 5.32 Å². The molecule has 0 aliphatic heterocycles. The normalized spacial score (nSPS) is 10.5. The summed E-state index contributed by atoms with van der Waals surface area (Å²) in [6.07, 6.45) is 1.36. The van der Waals surface area contributed by atoms with Crippen molar-refractivity contribution in [3.05, 3.63) is 52.3 Å². The van der Waals surface area contributed by atoms with Gasteiger partial charge in [0.15, 0.2) is 0 Å². The first-order chi connectivity index (χ1) is 13.9. The van der Waals surface area contributed by atoms with Gasteiger partial charge in [-0.15, -0.1) is 0 Å². The second-order valence-electron chi connectivity index (χ2n) is 6.73. The van der Waals surface area contributed by atoms with E-state index in [1.54, 1.807) is 36.1 Å². The maximum atomic E-state index is 12.8. The first-order valence-corrected chi connectivity index (χ1v) is 9.88. The number of nitrogens with zero attached hydrogens (tertiary/aromatic N) is 1. The number of hydrogen-bond donors (Lipinski definition) is 2. The molecule has 0 atom stereocenters. The minimum atomic E-state index is -0.458. The molecule has 0 spiro atoms. The van der Waals surface area contributed by atoms with Gasteiger partial charge >= 0.3 is 5.97 Å². The van der Waals surface area contributed by atoms with Crippen molar-refractivity contribution in [2.75, 3.05) is 25.5 Å². The van der Waals surface area contributed by atoms with Crippen LogP contribution >= 0.6 is 0 Å². The third kappa shape index (κ3) is 4.85. The molecule has 0 radical (unpaired) electrons. The highest BCUT2D eigenvalue weighted by Gasteiger charge is 2.24. The van der Waals surface area contributed by atoms with E-state index in [2.05, 4.69) is 10.3 Å². The number of hydrogen-bond acceptors (Lipinski definition) is 4. The molecule has 29 heavy (non-hydrogen) atoms. The highest BCUT2D eigenvalue weighted by molar-refractivity contribution is 6.07. The lowest BCUT2D eigenvalue weighted by Gasteiger charge is -2.18. The molecule has 7 heteroatoms. The number of ether oxygens (including phenoxy) is 1. The lowest BCUT2D eigenvalue weighted by Crippen LogP contribution is -2.30. The SMILES string of the molecule is CCCc1c(C(=O)Nc2ccc(C(=O)N(CC)CC)cc2)[nH]c(C)c1C(=O)OC. The Kier molecular flexibility index (Phi) is 7.59. The molecule has 0 saturated heterocycles. The number of aromatic amines is 1. The predicted molar refractivity (Wildman–Crippen MR) is 113 cm³/mol. The maximum absolute atomic E-state index is 12.8. The number of carbonyl (C=O) groups excluding carboxylic acids is 3. The van der Waals surface area contributed by atoms with Crippen molar-refractivity contribution in [1.29, 1.82) is 0 Å². The fourth-order valence-electron chi connectivity index (χ4n) is 3.33. The number of aromatic nitrogens is 1. The number of H-pyrrole nitrogens is 1. The van der Waals surface area contributed by atoms with Crippen molar-refractivity contribution in [3.63, 3.8) is 0 Å². The highest BCUT2D eigenvalue weighted by atomic mass is 16.5. The topological polar surface area (TPSA) is 91.5 Å². The number of aryl methyl sites for hydroxylation is 1. The number of anilines is 1. The Labute approximate surface area is 171 Å². The molecule has 2 aromatic rings. The molecule has 1 heterocycles. The number of rotatable bonds is 8. The van der Waals surface area contributed by atoms with E-state index < -0.39 is 5.97 Å². The highest BCUT2D eigenvalue weighted by Crippen LogP contribution is 2.23. The van der Waals surface area contributed by atoms with Crippen LogP contribution in [0.3, 0.4) is 0 Å². The summed E-state index contributed by atoms with van der Waals surface area (Å²) in [7, 11) is 1.32. The molecule has 7 nitrogen and oxygen atoms in total. The van der Waals surface area contributed by atoms with Crippen LogP contribution in [0.4, 0.5) is 5.69 Å². The molecule has 0 saturated carbocycles. The zero-order chi connectivity index (χ0) is 21.6. The molecular weight excluding hydrogens is 370 g/mol. The zero-order valence-corrected chi connectivity index (χ0v) is 17.7. The molecular formula is C22H29N3O4. The number of esters is 1. The van der Waals surface area contributed by atoms with Crippen molar-refractivity contribution in [1.82, 2.24) is 9.88 Å². The van der Waals surface area contributed by atoms with Gasteiger partial charge in [0.2, 0.25) is 0 Å². The minimum Gasteiger partial charge on any atom is -0.465 e. The Hall–Kier alpha value is -3.09. The lowest BCUT2D eigenvalue weighted by molar-refractivity contribution is 0.0598. The Morgan fingerprint density at radius 2 is 1.69 bits per heavy atom. The van der Waals surface area contributed by atoms with E-state index in [9.17, 15) is 14.4 Å². The number of benzene rings is 1. The summed E-state index contributed by atoms with van der Waals surface area (Å²) in [4.78, 5) is 42.1. The molecule has 0 unspecified atom stereocenters. The van der Waals surface area contributed by atoms with Gasteiger partial charge in [0.1, 0.15) is 5.69 Å². The summed E-state index contributed by atoms with van der Waals surface area (Å²) in [6.45, 7) is 8.88. The molecule has 0 fully saturated rings. The van der Waals surface area contributed by atoms with E-state index in [4.69, 9.17) is 4.74 Å². The van der Waals surface area contributed by atoms with Crippen LogP contribution in [0.15, 0.2) is 24.3 Å². The van der Waals surface area contributed by atoms with Crippen LogP contribution in [-0.2, 0) is 11.2 Å². The molecule has 2 N–H and O–H groups in total. The van der Waals surface area contributed by atoms with Gasteiger partial charge in [-0.2, -0.15) is 0 Å². The third-order valence-electron chi connectivity index (χ3n) is 4.85. The van der Waals surface area contributed by atoms with Gasteiger partial charge in [-0.25, -0.2) is 4.79 Å². The lowest BCUT2D eigenvalue weighted by atomic mass is 10.0. The standard InChI is InChI=1S/C22H29N3O4/c1-6-9-17-18(22(28)29-5)14(4)23-19(17)20(26)24-16-12-10-15(11-13-16)21(27)25(7-2)8-3/h10-13,23H,6-9H2,1-5H3,(H,24,26). The average Bonchev–Trinajstić information content (AvgIpc) is 3.05. The number of methoxy groups -OCH3 is 1. The second-order valence-corrected chi connectivity index (χ2v) is 6.73. The number of nitrogens with one attached hydrogen (secondary N) is 2. The fourth-order valence-corrected chi connectivity index (χ4v) is 3.33. The predicted octanol–water partition coefficient (Wildman–Crippen LogP) is 3.80. The Bertz CT molecular complexity index is 880. The van der Waals surface area contributed by atoms with Crippen LogP contribution in [0.25, 0.3) is 0 Å². The van der Waals surface area contributed by atoms with Gasteiger partial charge in [-0.1, -0.05) is 13.3 Å². The van der Waals surface area contributed by atoms with E-state index in [0.29, 0.717) is 53.3 Å². The van der Waals surface area contributed by atoms with Crippen LogP contribution in [0.5, 0.6) is 0 Å². The van der Waals surface area contributed by atoms with Crippen LogP contribution in [0.2, 0.25) is 0 Å². The Morgan fingerprint density at radius 3 is 2.21 bits per heavy atom. The van der Waals surface area contributed by atoms with Crippen molar-refractivity contribution in [2.24, 2.45) is 0 Å². The van der Waals surface area contributed by atoms with Gasteiger partial charge in [-0.3, -0.25) is 9.59 Å². The van der Waals surface area contributed by atoms with E-state index in [1.807, 2.05) is 20.8 Å². The fraction of sp³-hybridized carbons (Fsp3) is 0.409. The zero-order valence-electron chi connectivity index (χ0n) is 17.7. The van der Waals surface area contributed by atoms with Crippen molar-refractivity contribution in [2.45, 2.75) is 40.5 Å². The molecule has 1 aromatic heterocycles. The Balaban J connectivity index is 2.24. The molecule has 0 bridgehead atoms. The third-order valence-corrected chi connectivity index (χ3v) is 4.85. The Morgan fingerprint density at radius 1 is 1.07 bits per heavy atom. The summed E-state index contributed by atoms with van der Waals surface area (Å²) < 4.78 is 4.86. The van der Waals surface area contributed by atoms with Gasteiger partial charge in [0.05, 0.1) is 12.7 Å². The van der Waals surface area contributed by atoms with Crippen molar-refractivity contribution < 1.29 is 19.1 Å². The summed E-state index contributed by atoms with van der Waals surface area (Å²) in [5, 5.41) is 2.83. The molecule has 0 aliphatic carbocycles. The summed E-state index contributed by atoms with van der Waals surface area (Å²) in [5.41, 5.74) is 3.17. The van der Waals surface area contributed by atoms with E-state index >= 15 is 0 Å². The first kappa shape index (κ1) is 22.2. The van der Waals surface area contributed by atoms with Crippen molar-refractivity contribution >= 4 is 23.5 Å². The van der Waals surface area contributed by atoms with Gasteiger partial charge in [0.25, 0.3) is 11.8 Å². The smallest absolute Gasteiger partial charge is 0.339 e.